The third-order valence-corrected chi connectivity index (χ3v) is 9.60. The van der Waals surface area contributed by atoms with Crippen LogP contribution in [0.1, 0.15) is 73.2 Å². The second kappa shape index (κ2) is 13.0. The number of aromatic carboxylic acids is 1. The Balaban J connectivity index is 0.00000329. The van der Waals surface area contributed by atoms with Crippen LogP contribution in [-0.4, -0.2) is 53.3 Å². The molecule has 6 nitrogen and oxygen atoms in total. The zero-order valence-electron chi connectivity index (χ0n) is 24.8. The number of rotatable bonds is 7. The first-order chi connectivity index (χ1) is 20.7. The van der Waals surface area contributed by atoms with Crippen molar-refractivity contribution in [2.24, 2.45) is 0 Å². The summed E-state index contributed by atoms with van der Waals surface area (Å²) >= 11 is 0. The first-order valence-corrected chi connectivity index (χ1v) is 15.9. The van der Waals surface area contributed by atoms with Gasteiger partial charge in [-0.15, -0.1) is 12.4 Å². The molecule has 1 saturated heterocycles. The maximum Gasteiger partial charge on any atom is 0.335 e. The number of hydrogen-bond acceptors (Lipinski definition) is 4. The molecule has 43 heavy (non-hydrogen) atoms. The Morgan fingerprint density at radius 1 is 0.860 bits per heavy atom. The van der Waals surface area contributed by atoms with E-state index in [1.165, 1.54) is 81.1 Å². The Morgan fingerprint density at radius 2 is 1.60 bits per heavy atom. The van der Waals surface area contributed by atoms with E-state index in [0.717, 1.165) is 46.7 Å². The van der Waals surface area contributed by atoms with E-state index in [0.29, 0.717) is 24.6 Å². The number of nitrogens with zero attached hydrogens (tertiary/aromatic N) is 2. The number of hydrogen-bond donors (Lipinski definition) is 2. The Hall–Kier alpha value is -3.48. The van der Waals surface area contributed by atoms with Crippen LogP contribution in [0.3, 0.4) is 0 Å². The number of carboxylic acid groups (broad SMARTS) is 1. The molecular weight excluding hydrogens is 558 g/mol. The number of benzene rings is 3. The molecule has 2 N–H and O–H groups in total. The minimum absolute atomic E-state index is 0. The fraction of sp³-hybridized carbons (Fsp3) is 0.417. The van der Waals surface area contributed by atoms with E-state index < -0.39 is 5.97 Å². The molecule has 1 aliphatic carbocycles. The average molecular weight is 600 g/mol. The molecule has 0 amide bonds. The summed E-state index contributed by atoms with van der Waals surface area (Å²) < 4.78 is 8.96. The van der Waals surface area contributed by atoms with Gasteiger partial charge in [-0.3, -0.25) is 0 Å². The van der Waals surface area contributed by atoms with E-state index in [1.54, 1.807) is 6.07 Å². The monoisotopic (exact) mass is 599 g/mol. The van der Waals surface area contributed by atoms with Crippen molar-refractivity contribution in [2.45, 2.75) is 63.8 Å². The van der Waals surface area contributed by atoms with Gasteiger partial charge in [-0.05, 0) is 74.5 Å². The number of ether oxygens (including phenoxy) is 1. The molecule has 2 aliphatic heterocycles. The van der Waals surface area contributed by atoms with Crippen LogP contribution in [-0.2, 0) is 6.54 Å². The van der Waals surface area contributed by atoms with Gasteiger partial charge in [0, 0.05) is 46.4 Å². The number of carboxylic acids is 1. The van der Waals surface area contributed by atoms with Crippen LogP contribution in [0.4, 0.5) is 5.69 Å². The number of piperidine rings is 1. The van der Waals surface area contributed by atoms with Crippen LogP contribution in [0, 0.1) is 0 Å². The minimum atomic E-state index is -0.886. The van der Waals surface area contributed by atoms with Crippen LogP contribution in [0.5, 0.6) is 5.75 Å². The number of aromatic nitrogens is 1. The van der Waals surface area contributed by atoms with E-state index in [9.17, 15) is 9.90 Å². The SMILES string of the molecule is Cl.O=C(O)c1ccc2c(C3CCCCC3)c3n(c2c1)CCOc1c(-c2ccccc2NCCN2CCCCC2)cccc1-3. The van der Waals surface area contributed by atoms with Gasteiger partial charge in [-0.25, -0.2) is 4.79 Å². The fourth-order valence-corrected chi connectivity index (χ4v) is 7.57. The number of anilines is 1. The molecular formula is C36H42ClN3O3. The van der Waals surface area contributed by atoms with Crippen LogP contribution in [0.25, 0.3) is 33.3 Å². The van der Waals surface area contributed by atoms with Gasteiger partial charge in [0.05, 0.1) is 17.8 Å². The number of likely N-dealkylation sites (tertiary alicyclic amines) is 1. The van der Waals surface area contributed by atoms with Gasteiger partial charge >= 0.3 is 5.97 Å². The molecule has 226 valence electrons. The maximum atomic E-state index is 11.9. The molecule has 0 radical (unpaired) electrons. The van der Waals surface area contributed by atoms with Crippen molar-refractivity contribution in [2.75, 3.05) is 38.1 Å². The minimum Gasteiger partial charge on any atom is -0.490 e. The highest BCUT2D eigenvalue weighted by Gasteiger charge is 2.30. The highest BCUT2D eigenvalue weighted by Crippen LogP contribution is 2.50. The van der Waals surface area contributed by atoms with Crippen molar-refractivity contribution in [3.8, 4) is 28.1 Å². The van der Waals surface area contributed by atoms with Gasteiger partial charge in [0.1, 0.15) is 12.4 Å². The second-order valence-corrected chi connectivity index (χ2v) is 12.2. The summed E-state index contributed by atoms with van der Waals surface area (Å²) in [7, 11) is 0. The fourth-order valence-electron chi connectivity index (χ4n) is 7.57. The molecule has 2 fully saturated rings. The molecule has 0 atom stereocenters. The average Bonchev–Trinajstić information content (AvgIpc) is 3.22. The number of carbonyl (C=O) groups is 1. The largest absolute Gasteiger partial charge is 0.490 e. The molecule has 7 rings (SSSR count). The number of para-hydroxylation sites is 2. The highest BCUT2D eigenvalue weighted by molar-refractivity contribution is 6.00. The third kappa shape index (κ3) is 5.75. The van der Waals surface area contributed by atoms with E-state index >= 15 is 0 Å². The van der Waals surface area contributed by atoms with Crippen LogP contribution in [0.15, 0.2) is 60.7 Å². The molecule has 7 heteroatoms. The summed E-state index contributed by atoms with van der Waals surface area (Å²) in [4.78, 5) is 14.5. The summed E-state index contributed by atoms with van der Waals surface area (Å²) in [6, 6.07) is 20.8. The third-order valence-electron chi connectivity index (χ3n) is 9.60. The van der Waals surface area contributed by atoms with Crippen LogP contribution in [0.2, 0.25) is 0 Å². The number of halogens is 1. The Bertz CT molecular complexity index is 1600. The predicted molar refractivity (Wildman–Crippen MR) is 177 cm³/mol. The lowest BCUT2D eigenvalue weighted by molar-refractivity contribution is 0.0697. The molecule has 4 aromatic rings. The quantitative estimate of drug-likeness (QED) is 0.223. The molecule has 3 aliphatic rings. The summed E-state index contributed by atoms with van der Waals surface area (Å²) in [5.74, 6) is 0.509. The van der Waals surface area contributed by atoms with E-state index in [2.05, 4.69) is 63.3 Å². The van der Waals surface area contributed by atoms with Gasteiger partial charge in [-0.2, -0.15) is 0 Å². The smallest absolute Gasteiger partial charge is 0.335 e. The van der Waals surface area contributed by atoms with Crippen molar-refractivity contribution >= 4 is 35.0 Å². The van der Waals surface area contributed by atoms with Crippen molar-refractivity contribution in [1.29, 1.82) is 0 Å². The number of fused-ring (bicyclic) bond motifs is 5. The zero-order chi connectivity index (χ0) is 28.5. The second-order valence-electron chi connectivity index (χ2n) is 12.2. The zero-order valence-corrected chi connectivity index (χ0v) is 25.6. The molecule has 0 unspecified atom stereocenters. The summed E-state index contributed by atoms with van der Waals surface area (Å²) in [6.07, 6.45) is 10.1. The maximum absolute atomic E-state index is 11.9. The summed E-state index contributed by atoms with van der Waals surface area (Å²) in [5.41, 5.74) is 8.44. The standard InChI is InChI=1S/C36H41N3O3.ClH/c40-36(41)26-16-17-29-32(24-26)39-22-23-42-35-28(13-9-14-30(35)34(39)33(29)25-10-3-1-4-11-25)27-12-5-6-15-31(27)37-18-21-38-19-7-2-8-20-38;/h5-6,9,12-17,24-25,37H,1-4,7-8,10-11,18-23H2,(H,40,41);1H. The number of nitrogens with one attached hydrogen (secondary N) is 1. The predicted octanol–water partition coefficient (Wildman–Crippen LogP) is 8.43. The van der Waals surface area contributed by atoms with Crippen molar-refractivity contribution < 1.29 is 14.6 Å². The van der Waals surface area contributed by atoms with Crippen molar-refractivity contribution in [3.63, 3.8) is 0 Å². The van der Waals surface area contributed by atoms with Gasteiger partial charge in [0.2, 0.25) is 0 Å². The molecule has 0 spiro atoms. The summed E-state index contributed by atoms with van der Waals surface area (Å²) in [5, 5.41) is 14.7. The topological polar surface area (TPSA) is 66.7 Å². The van der Waals surface area contributed by atoms with Gasteiger partial charge < -0.3 is 24.6 Å². The van der Waals surface area contributed by atoms with Gasteiger partial charge in [-0.1, -0.05) is 62.1 Å². The first kappa shape index (κ1) is 29.6. The van der Waals surface area contributed by atoms with Gasteiger partial charge in [0.15, 0.2) is 0 Å². The molecule has 0 bridgehead atoms. The highest BCUT2D eigenvalue weighted by atomic mass is 35.5. The normalized spacial score (nSPS) is 17.3. The first-order valence-electron chi connectivity index (χ1n) is 15.9. The Morgan fingerprint density at radius 3 is 2.42 bits per heavy atom. The lowest BCUT2D eigenvalue weighted by Gasteiger charge is -2.26. The lowest BCUT2D eigenvalue weighted by atomic mass is 9.81. The molecule has 3 aromatic carbocycles. The van der Waals surface area contributed by atoms with E-state index in [4.69, 9.17) is 4.74 Å². The van der Waals surface area contributed by atoms with E-state index in [1.807, 2.05) is 6.07 Å². The molecule has 3 heterocycles. The van der Waals surface area contributed by atoms with Crippen molar-refractivity contribution in [3.05, 3.63) is 71.8 Å². The molecule has 1 saturated carbocycles. The van der Waals surface area contributed by atoms with Crippen LogP contribution >= 0.6 is 12.4 Å². The van der Waals surface area contributed by atoms with Gasteiger partial charge in [0.25, 0.3) is 0 Å². The van der Waals surface area contributed by atoms with Crippen molar-refractivity contribution in [1.82, 2.24) is 9.47 Å². The lowest BCUT2D eigenvalue weighted by Crippen LogP contribution is -2.33. The summed E-state index contributed by atoms with van der Waals surface area (Å²) in [6.45, 7) is 5.60. The van der Waals surface area contributed by atoms with Crippen LogP contribution < -0.4 is 10.1 Å². The Kier molecular flexibility index (Phi) is 8.96. The Labute approximate surface area is 260 Å². The van der Waals surface area contributed by atoms with E-state index in [-0.39, 0.29) is 12.4 Å². The molecule has 1 aromatic heterocycles.